The molecule has 5 rings (SSSR count). The Morgan fingerprint density at radius 3 is 2.52 bits per heavy atom. The van der Waals surface area contributed by atoms with Crippen LogP contribution in [0.3, 0.4) is 0 Å². The molecule has 3 heterocycles. The van der Waals surface area contributed by atoms with Crippen LogP contribution in [-0.4, -0.2) is 24.7 Å². The van der Waals surface area contributed by atoms with Crippen molar-refractivity contribution in [3.8, 4) is 22.5 Å². The third-order valence-electron chi connectivity index (χ3n) is 4.55. The van der Waals surface area contributed by atoms with Gasteiger partial charge in [-0.25, -0.2) is 9.97 Å². The van der Waals surface area contributed by atoms with E-state index < -0.39 is 0 Å². The second-order valence-electron chi connectivity index (χ2n) is 6.35. The van der Waals surface area contributed by atoms with Gasteiger partial charge in [0.15, 0.2) is 11.0 Å². The molecule has 0 spiro atoms. The summed E-state index contributed by atoms with van der Waals surface area (Å²) in [6, 6.07) is 17.8. The Labute approximate surface area is 180 Å². The van der Waals surface area contributed by atoms with Crippen molar-refractivity contribution in [3.63, 3.8) is 0 Å². The summed E-state index contributed by atoms with van der Waals surface area (Å²) in [6.45, 7) is 0. The van der Waals surface area contributed by atoms with Gasteiger partial charge >= 0.3 is 0 Å². The van der Waals surface area contributed by atoms with Gasteiger partial charge in [-0.2, -0.15) is 0 Å². The smallest absolute Gasteiger partial charge is 0.197 e. The minimum Gasteiger partial charge on any atom is -0.305 e. The molecule has 142 valence electrons. The summed E-state index contributed by atoms with van der Waals surface area (Å²) in [5.41, 5.74) is 3.20. The van der Waals surface area contributed by atoms with Crippen LogP contribution < -0.4 is 0 Å². The maximum atomic E-state index is 6.06. The van der Waals surface area contributed by atoms with Crippen molar-refractivity contribution < 1.29 is 0 Å². The molecule has 5 aromatic rings. The molecule has 0 unspecified atom stereocenters. The normalized spacial score (nSPS) is 11.2. The van der Waals surface area contributed by atoms with Crippen molar-refractivity contribution in [1.82, 2.24) is 24.7 Å². The molecule has 2 aromatic carbocycles. The monoisotopic (exact) mass is 435 g/mol. The largest absolute Gasteiger partial charge is 0.305 e. The van der Waals surface area contributed by atoms with Gasteiger partial charge < -0.3 is 4.57 Å². The zero-order valence-electron chi connectivity index (χ0n) is 15.3. The minimum absolute atomic E-state index is 0.714. The van der Waals surface area contributed by atoms with E-state index in [2.05, 4.69) is 25.5 Å². The number of fused-ring (bicyclic) bond motifs is 1. The van der Waals surface area contributed by atoms with Gasteiger partial charge in [-0.05, 0) is 29.5 Å². The van der Waals surface area contributed by atoms with Crippen LogP contribution in [0, 0.1) is 0 Å². The van der Waals surface area contributed by atoms with E-state index in [4.69, 9.17) is 11.6 Å². The fraction of sp³-hybridized carbons (Fsp3) is 0.0476. The first-order chi connectivity index (χ1) is 14.2. The van der Waals surface area contributed by atoms with E-state index in [0.717, 1.165) is 42.9 Å². The highest BCUT2D eigenvalue weighted by atomic mass is 35.5. The van der Waals surface area contributed by atoms with Crippen molar-refractivity contribution >= 4 is 44.9 Å². The molecule has 0 amide bonds. The molecule has 0 fully saturated rings. The predicted molar refractivity (Wildman–Crippen MR) is 118 cm³/mol. The van der Waals surface area contributed by atoms with Gasteiger partial charge in [0.05, 0.1) is 5.39 Å². The summed E-state index contributed by atoms with van der Waals surface area (Å²) in [4.78, 5) is 9.94. The van der Waals surface area contributed by atoms with Crippen LogP contribution in [0.1, 0.15) is 0 Å². The predicted octanol–water partition coefficient (Wildman–Crippen LogP) is 5.96. The van der Waals surface area contributed by atoms with Gasteiger partial charge in [0, 0.05) is 28.6 Å². The zero-order chi connectivity index (χ0) is 19.8. The second kappa shape index (κ2) is 7.59. The number of nitrogens with zero attached hydrogens (tertiary/aromatic N) is 5. The lowest BCUT2D eigenvalue weighted by Gasteiger charge is -2.06. The molecule has 0 aliphatic carbocycles. The van der Waals surface area contributed by atoms with Crippen molar-refractivity contribution in [2.24, 2.45) is 7.05 Å². The summed E-state index contributed by atoms with van der Waals surface area (Å²) >= 11 is 9.15. The number of rotatable bonds is 4. The number of hydrogen-bond acceptors (Lipinski definition) is 6. The summed E-state index contributed by atoms with van der Waals surface area (Å²) in [6.07, 6.45) is 1.60. The Kier molecular flexibility index (Phi) is 4.79. The average molecular weight is 436 g/mol. The average Bonchev–Trinajstić information content (AvgIpc) is 3.34. The molecule has 0 radical (unpaired) electrons. The van der Waals surface area contributed by atoms with Crippen LogP contribution in [0.25, 0.3) is 32.7 Å². The highest BCUT2D eigenvalue weighted by Crippen LogP contribution is 2.40. The van der Waals surface area contributed by atoms with Crippen LogP contribution >= 0.6 is 34.7 Å². The van der Waals surface area contributed by atoms with Gasteiger partial charge in [0.2, 0.25) is 0 Å². The fourth-order valence-electron chi connectivity index (χ4n) is 3.10. The van der Waals surface area contributed by atoms with E-state index in [1.807, 2.05) is 66.2 Å². The van der Waals surface area contributed by atoms with Crippen molar-refractivity contribution in [2.45, 2.75) is 10.2 Å². The quantitative estimate of drug-likeness (QED) is 0.326. The van der Waals surface area contributed by atoms with Gasteiger partial charge in [0.25, 0.3) is 0 Å². The molecular formula is C21H14ClN5S2. The van der Waals surface area contributed by atoms with E-state index in [1.165, 1.54) is 11.8 Å². The molecule has 29 heavy (non-hydrogen) atoms. The van der Waals surface area contributed by atoms with Crippen LogP contribution in [0.2, 0.25) is 5.02 Å². The van der Waals surface area contributed by atoms with Crippen molar-refractivity contribution in [1.29, 1.82) is 0 Å². The maximum Gasteiger partial charge on any atom is 0.197 e. The van der Waals surface area contributed by atoms with E-state index in [1.54, 1.807) is 17.7 Å². The van der Waals surface area contributed by atoms with E-state index in [-0.39, 0.29) is 0 Å². The van der Waals surface area contributed by atoms with E-state index in [0.29, 0.717) is 5.02 Å². The minimum atomic E-state index is 0.714. The van der Waals surface area contributed by atoms with Crippen molar-refractivity contribution in [2.75, 3.05) is 0 Å². The summed E-state index contributed by atoms with van der Waals surface area (Å²) in [5.74, 6) is 0.821. The topological polar surface area (TPSA) is 56.5 Å². The Hall–Kier alpha value is -2.74. The number of hydrogen-bond donors (Lipinski definition) is 0. The number of benzene rings is 2. The summed E-state index contributed by atoms with van der Waals surface area (Å²) < 4.78 is 1.99. The molecule has 3 aromatic heterocycles. The zero-order valence-corrected chi connectivity index (χ0v) is 17.7. The lowest BCUT2D eigenvalue weighted by atomic mass is 10.1. The van der Waals surface area contributed by atoms with Crippen LogP contribution in [-0.2, 0) is 7.05 Å². The number of aromatic nitrogens is 5. The maximum absolute atomic E-state index is 6.06. The molecule has 0 bridgehead atoms. The summed E-state index contributed by atoms with van der Waals surface area (Å²) in [5, 5.41) is 14.3. The highest BCUT2D eigenvalue weighted by molar-refractivity contribution is 7.99. The molecule has 8 heteroatoms. The Morgan fingerprint density at radius 1 is 0.931 bits per heavy atom. The first-order valence-electron chi connectivity index (χ1n) is 8.81. The van der Waals surface area contributed by atoms with E-state index in [9.17, 15) is 0 Å². The van der Waals surface area contributed by atoms with Crippen LogP contribution in [0.15, 0.2) is 76.5 Å². The first kappa shape index (κ1) is 18.3. The third-order valence-corrected chi connectivity index (χ3v) is 6.72. The molecule has 0 N–H and O–H groups in total. The second-order valence-corrected chi connectivity index (χ2v) is 8.60. The molecule has 0 saturated carbocycles. The fourth-order valence-corrected chi connectivity index (χ4v) is 5.09. The Bertz CT molecular complexity index is 1300. The van der Waals surface area contributed by atoms with E-state index >= 15 is 0 Å². The molecule has 0 atom stereocenters. The van der Waals surface area contributed by atoms with Crippen LogP contribution in [0.5, 0.6) is 0 Å². The number of halogens is 1. The standard InChI is InChI=1S/C21H14ClN5S2/c1-27-18(14-5-3-2-4-6-14)25-26-21(27)29-20-17-16(11-28-19(17)23-12-24-20)13-7-9-15(22)10-8-13/h2-12H,1H3. The SMILES string of the molecule is Cn1c(Sc2ncnc3scc(-c4ccc(Cl)cc4)c23)nnc1-c1ccccc1. The first-order valence-corrected chi connectivity index (χ1v) is 10.9. The molecule has 0 saturated heterocycles. The molecule has 5 nitrogen and oxygen atoms in total. The Balaban J connectivity index is 1.57. The van der Waals surface area contributed by atoms with Gasteiger partial charge in [0.1, 0.15) is 16.2 Å². The number of thiophene rings is 1. The molecular weight excluding hydrogens is 422 g/mol. The van der Waals surface area contributed by atoms with Crippen LogP contribution in [0.4, 0.5) is 0 Å². The van der Waals surface area contributed by atoms with Gasteiger partial charge in [-0.3, -0.25) is 0 Å². The third kappa shape index (κ3) is 3.42. The highest BCUT2D eigenvalue weighted by Gasteiger charge is 2.18. The lowest BCUT2D eigenvalue weighted by Crippen LogP contribution is -1.95. The van der Waals surface area contributed by atoms with Gasteiger partial charge in [-0.15, -0.1) is 21.5 Å². The summed E-state index contributed by atoms with van der Waals surface area (Å²) in [7, 11) is 1.97. The van der Waals surface area contributed by atoms with Crippen molar-refractivity contribution in [3.05, 3.63) is 71.3 Å². The lowest BCUT2D eigenvalue weighted by molar-refractivity contribution is 0.793. The van der Waals surface area contributed by atoms with Gasteiger partial charge in [-0.1, -0.05) is 54.1 Å². The molecule has 0 aliphatic heterocycles. The Morgan fingerprint density at radius 2 is 1.72 bits per heavy atom. The molecule has 0 aliphatic rings.